The monoisotopic (exact) mass is 166 g/mol. The van der Waals surface area contributed by atoms with E-state index in [2.05, 4.69) is 5.16 Å². The molecule has 4 heteroatoms. The summed E-state index contributed by atoms with van der Waals surface area (Å²) in [5, 5.41) is 4.46. The second-order valence-corrected chi connectivity index (χ2v) is 2.47. The Morgan fingerprint density at radius 1 is 1.50 bits per heavy atom. The summed E-state index contributed by atoms with van der Waals surface area (Å²) in [5.41, 5.74) is 6.48. The number of nitrogens with two attached hydrogens (primary N) is 1. The van der Waals surface area contributed by atoms with Crippen molar-refractivity contribution < 1.29 is 8.91 Å². The Labute approximate surface area is 67.9 Å². The van der Waals surface area contributed by atoms with Crippen LogP contribution in [0.1, 0.15) is 5.69 Å². The molecule has 1 aromatic carbocycles. The minimum atomic E-state index is -0.331. The zero-order valence-corrected chi connectivity index (χ0v) is 6.25. The molecule has 0 unspecified atom stereocenters. The first-order valence-corrected chi connectivity index (χ1v) is 3.55. The zero-order valence-electron chi connectivity index (χ0n) is 6.25. The molecule has 0 spiro atoms. The molecule has 0 saturated carbocycles. The lowest BCUT2D eigenvalue weighted by Crippen LogP contribution is -1.96. The Balaban J connectivity index is 2.73. The minimum Gasteiger partial charge on any atom is -0.356 e. The summed E-state index contributed by atoms with van der Waals surface area (Å²) in [7, 11) is 0. The van der Waals surface area contributed by atoms with E-state index in [1.54, 1.807) is 6.07 Å². The van der Waals surface area contributed by atoms with Crippen molar-refractivity contribution in [3.05, 3.63) is 29.7 Å². The van der Waals surface area contributed by atoms with Gasteiger partial charge in [-0.15, -0.1) is 0 Å². The molecule has 1 heterocycles. The van der Waals surface area contributed by atoms with Crippen molar-refractivity contribution in [1.82, 2.24) is 5.16 Å². The molecule has 0 fully saturated rings. The number of hydrogen-bond acceptors (Lipinski definition) is 3. The average Bonchev–Trinajstić information content (AvgIpc) is 2.46. The molecule has 2 rings (SSSR count). The van der Waals surface area contributed by atoms with Crippen LogP contribution >= 0.6 is 0 Å². The third-order valence-corrected chi connectivity index (χ3v) is 1.70. The number of nitrogens with zero attached hydrogens (tertiary/aromatic N) is 1. The van der Waals surface area contributed by atoms with Crippen LogP contribution in [0.15, 0.2) is 22.7 Å². The molecular weight excluding hydrogens is 159 g/mol. The zero-order chi connectivity index (χ0) is 8.55. The number of hydrogen-bond donors (Lipinski definition) is 1. The predicted octanol–water partition coefficient (Wildman–Crippen LogP) is 1.43. The molecule has 12 heavy (non-hydrogen) atoms. The summed E-state index contributed by atoms with van der Waals surface area (Å²) in [6.45, 7) is 0.304. The van der Waals surface area contributed by atoms with Crippen molar-refractivity contribution in [2.45, 2.75) is 6.54 Å². The van der Waals surface area contributed by atoms with Crippen LogP contribution in [0, 0.1) is 5.82 Å². The van der Waals surface area contributed by atoms with Gasteiger partial charge >= 0.3 is 0 Å². The molecule has 0 bridgehead atoms. The highest BCUT2D eigenvalue weighted by Crippen LogP contribution is 2.18. The van der Waals surface area contributed by atoms with Gasteiger partial charge < -0.3 is 10.3 Å². The highest BCUT2D eigenvalue weighted by atomic mass is 19.1. The molecule has 2 N–H and O–H groups in total. The molecule has 0 radical (unpaired) electrons. The van der Waals surface area contributed by atoms with Crippen LogP contribution in [-0.2, 0) is 6.54 Å². The predicted molar refractivity (Wildman–Crippen MR) is 41.9 cm³/mol. The van der Waals surface area contributed by atoms with E-state index >= 15 is 0 Å². The molecule has 0 aliphatic carbocycles. The van der Waals surface area contributed by atoms with Crippen LogP contribution in [0.2, 0.25) is 0 Å². The van der Waals surface area contributed by atoms with E-state index in [9.17, 15) is 4.39 Å². The third kappa shape index (κ3) is 0.967. The van der Waals surface area contributed by atoms with E-state index in [0.717, 1.165) is 5.39 Å². The highest BCUT2D eigenvalue weighted by molar-refractivity contribution is 5.79. The van der Waals surface area contributed by atoms with Crippen molar-refractivity contribution >= 4 is 11.0 Å². The largest absolute Gasteiger partial charge is 0.356 e. The van der Waals surface area contributed by atoms with Crippen LogP contribution in [0.25, 0.3) is 11.0 Å². The van der Waals surface area contributed by atoms with Gasteiger partial charge in [-0.2, -0.15) is 0 Å². The van der Waals surface area contributed by atoms with Crippen LogP contribution < -0.4 is 5.73 Å². The van der Waals surface area contributed by atoms with Gasteiger partial charge in [-0.05, 0) is 12.1 Å². The van der Waals surface area contributed by atoms with Gasteiger partial charge in [-0.25, -0.2) is 4.39 Å². The van der Waals surface area contributed by atoms with E-state index in [1.165, 1.54) is 12.1 Å². The lowest BCUT2D eigenvalue weighted by atomic mass is 10.2. The van der Waals surface area contributed by atoms with Crippen LogP contribution in [0.3, 0.4) is 0 Å². The number of benzene rings is 1. The van der Waals surface area contributed by atoms with Gasteiger partial charge in [0.1, 0.15) is 11.5 Å². The van der Waals surface area contributed by atoms with Crippen LogP contribution in [0.5, 0.6) is 0 Å². The summed E-state index contributed by atoms with van der Waals surface area (Å²) in [6, 6.07) is 4.27. The second-order valence-electron chi connectivity index (χ2n) is 2.47. The fraction of sp³-hybridized carbons (Fsp3) is 0.125. The van der Waals surface area contributed by atoms with E-state index in [1.807, 2.05) is 0 Å². The van der Waals surface area contributed by atoms with Crippen LogP contribution in [0.4, 0.5) is 4.39 Å². The van der Waals surface area contributed by atoms with Crippen molar-refractivity contribution in [3.63, 3.8) is 0 Å². The molecule has 0 amide bonds. The maximum atomic E-state index is 12.6. The quantitative estimate of drug-likeness (QED) is 0.697. The van der Waals surface area contributed by atoms with E-state index < -0.39 is 0 Å². The molecule has 2 aromatic rings. The first-order valence-electron chi connectivity index (χ1n) is 3.55. The number of rotatable bonds is 1. The van der Waals surface area contributed by atoms with E-state index in [-0.39, 0.29) is 5.82 Å². The van der Waals surface area contributed by atoms with Gasteiger partial charge in [0.25, 0.3) is 0 Å². The Morgan fingerprint density at radius 2 is 2.33 bits per heavy atom. The van der Waals surface area contributed by atoms with Crippen molar-refractivity contribution in [2.24, 2.45) is 5.73 Å². The number of aromatic nitrogens is 1. The highest BCUT2D eigenvalue weighted by Gasteiger charge is 2.06. The average molecular weight is 166 g/mol. The summed E-state index contributed by atoms with van der Waals surface area (Å²) >= 11 is 0. The van der Waals surface area contributed by atoms with Crippen molar-refractivity contribution in [1.29, 1.82) is 0 Å². The van der Waals surface area contributed by atoms with Gasteiger partial charge in [0.2, 0.25) is 0 Å². The molecule has 1 aromatic heterocycles. The fourth-order valence-corrected chi connectivity index (χ4v) is 1.11. The van der Waals surface area contributed by atoms with Crippen molar-refractivity contribution in [2.75, 3.05) is 0 Å². The normalized spacial score (nSPS) is 10.8. The van der Waals surface area contributed by atoms with Crippen LogP contribution in [-0.4, -0.2) is 5.16 Å². The first-order chi connectivity index (χ1) is 5.81. The molecular formula is C8H7FN2O. The van der Waals surface area contributed by atoms with Gasteiger partial charge in [-0.1, -0.05) is 5.16 Å². The SMILES string of the molecule is NCc1noc2cc(F)ccc12. The Bertz CT molecular complexity index is 410. The summed E-state index contributed by atoms with van der Waals surface area (Å²) < 4.78 is 17.5. The maximum Gasteiger partial charge on any atom is 0.170 e. The lowest BCUT2D eigenvalue weighted by molar-refractivity contribution is 0.445. The first kappa shape index (κ1) is 7.24. The molecule has 62 valence electrons. The van der Waals surface area contributed by atoms with E-state index in [0.29, 0.717) is 17.8 Å². The Morgan fingerprint density at radius 3 is 3.08 bits per heavy atom. The molecule has 0 aliphatic rings. The Kier molecular flexibility index (Phi) is 1.55. The molecule has 0 atom stereocenters. The standard InChI is InChI=1S/C8H7FN2O/c9-5-1-2-6-7(4-10)11-12-8(6)3-5/h1-3H,4,10H2. The summed E-state index contributed by atoms with van der Waals surface area (Å²) in [5.74, 6) is -0.331. The topological polar surface area (TPSA) is 52.0 Å². The molecule has 0 saturated heterocycles. The lowest BCUT2D eigenvalue weighted by Gasteiger charge is -1.88. The third-order valence-electron chi connectivity index (χ3n) is 1.70. The second kappa shape index (κ2) is 2.57. The minimum absolute atomic E-state index is 0.304. The fourth-order valence-electron chi connectivity index (χ4n) is 1.11. The van der Waals surface area contributed by atoms with Gasteiger partial charge in [0, 0.05) is 18.0 Å². The van der Waals surface area contributed by atoms with Gasteiger partial charge in [-0.3, -0.25) is 0 Å². The smallest absolute Gasteiger partial charge is 0.170 e. The number of fused-ring (bicyclic) bond motifs is 1. The maximum absolute atomic E-state index is 12.6. The molecule has 0 aliphatic heterocycles. The van der Waals surface area contributed by atoms with Gasteiger partial charge in [0.05, 0.1) is 0 Å². The van der Waals surface area contributed by atoms with E-state index in [4.69, 9.17) is 10.3 Å². The Hall–Kier alpha value is -1.42. The van der Waals surface area contributed by atoms with Crippen molar-refractivity contribution in [3.8, 4) is 0 Å². The molecule has 3 nitrogen and oxygen atoms in total. The summed E-state index contributed by atoms with van der Waals surface area (Å²) in [6.07, 6.45) is 0. The number of halogens is 1. The van der Waals surface area contributed by atoms with Gasteiger partial charge in [0.15, 0.2) is 5.58 Å². The summed E-state index contributed by atoms with van der Waals surface area (Å²) in [4.78, 5) is 0.